The second kappa shape index (κ2) is 6.22. The molecular formula is C18H21ClN4O. The van der Waals surface area contributed by atoms with E-state index in [1.807, 2.05) is 12.1 Å². The fraction of sp³-hybridized carbons (Fsp3) is 0.444. The van der Waals surface area contributed by atoms with E-state index in [0.29, 0.717) is 5.82 Å². The quantitative estimate of drug-likeness (QED) is 0.930. The first-order chi connectivity index (χ1) is 11.6. The van der Waals surface area contributed by atoms with Gasteiger partial charge in [-0.2, -0.15) is 0 Å². The lowest BCUT2D eigenvalue weighted by Crippen LogP contribution is -2.44. The van der Waals surface area contributed by atoms with Crippen molar-refractivity contribution in [3.63, 3.8) is 0 Å². The maximum absolute atomic E-state index is 11.9. The second-order valence-electron chi connectivity index (χ2n) is 6.77. The standard InChI is InChI=1S/C18H21ClN4O/c1-22-4-6-23(7-5-22)16-9-13-10-17(21-18(24)12-2-3-12)20-11-14(13)8-15(16)19/h8-12H,2-7H2,1H3,(H,20,21,24). The molecular weight excluding hydrogens is 324 g/mol. The van der Waals surface area contributed by atoms with Gasteiger partial charge in [-0.3, -0.25) is 4.79 Å². The first-order valence-corrected chi connectivity index (χ1v) is 8.81. The number of likely N-dealkylation sites (N-methyl/N-ethyl adjacent to an activating group) is 1. The van der Waals surface area contributed by atoms with Crippen molar-refractivity contribution in [2.75, 3.05) is 43.4 Å². The minimum absolute atomic E-state index is 0.0788. The Morgan fingerprint density at radius 1 is 1.17 bits per heavy atom. The molecule has 2 aliphatic rings. The molecule has 0 unspecified atom stereocenters. The Hall–Kier alpha value is -1.85. The van der Waals surface area contributed by atoms with Gasteiger partial charge in [-0.05, 0) is 43.5 Å². The summed E-state index contributed by atoms with van der Waals surface area (Å²) in [4.78, 5) is 20.9. The highest BCUT2D eigenvalue weighted by molar-refractivity contribution is 6.34. The fourth-order valence-electron chi connectivity index (χ4n) is 3.09. The van der Waals surface area contributed by atoms with Crippen LogP contribution in [-0.4, -0.2) is 49.0 Å². The number of aromatic nitrogens is 1. The molecule has 0 spiro atoms. The lowest BCUT2D eigenvalue weighted by atomic mass is 10.1. The molecule has 1 amide bonds. The predicted octanol–water partition coefficient (Wildman–Crippen LogP) is 2.99. The van der Waals surface area contributed by atoms with Crippen LogP contribution in [0.2, 0.25) is 5.02 Å². The number of rotatable bonds is 3. The predicted molar refractivity (Wildman–Crippen MR) is 97.8 cm³/mol. The second-order valence-corrected chi connectivity index (χ2v) is 7.18. The molecule has 126 valence electrons. The van der Waals surface area contributed by atoms with E-state index in [0.717, 1.165) is 60.5 Å². The molecule has 1 saturated heterocycles. The largest absolute Gasteiger partial charge is 0.368 e. The number of carbonyl (C=O) groups excluding carboxylic acids is 1. The van der Waals surface area contributed by atoms with Gasteiger partial charge < -0.3 is 15.1 Å². The number of fused-ring (bicyclic) bond motifs is 1. The normalized spacial score (nSPS) is 18.8. The maximum atomic E-state index is 11.9. The number of anilines is 2. The van der Waals surface area contributed by atoms with Crippen LogP contribution in [0.5, 0.6) is 0 Å². The van der Waals surface area contributed by atoms with Gasteiger partial charge in [-0.25, -0.2) is 4.98 Å². The average Bonchev–Trinajstić information content (AvgIpc) is 3.40. The molecule has 1 saturated carbocycles. The minimum atomic E-state index is 0.0788. The van der Waals surface area contributed by atoms with E-state index in [4.69, 9.17) is 11.6 Å². The van der Waals surface area contributed by atoms with Gasteiger partial charge in [0, 0.05) is 43.7 Å². The van der Waals surface area contributed by atoms with Crippen molar-refractivity contribution < 1.29 is 4.79 Å². The molecule has 24 heavy (non-hydrogen) atoms. The van der Waals surface area contributed by atoms with Gasteiger partial charge in [-0.15, -0.1) is 0 Å². The number of nitrogens with zero attached hydrogens (tertiary/aromatic N) is 3. The van der Waals surface area contributed by atoms with Gasteiger partial charge in [-0.1, -0.05) is 11.6 Å². The average molecular weight is 345 g/mol. The zero-order chi connectivity index (χ0) is 16.7. The van der Waals surface area contributed by atoms with Crippen LogP contribution >= 0.6 is 11.6 Å². The SMILES string of the molecule is CN1CCN(c2cc3cc(NC(=O)C4CC4)ncc3cc2Cl)CC1. The third-order valence-electron chi connectivity index (χ3n) is 4.83. The minimum Gasteiger partial charge on any atom is -0.368 e. The van der Waals surface area contributed by atoms with Crippen molar-refractivity contribution in [3.8, 4) is 0 Å². The Bertz CT molecular complexity index is 782. The molecule has 2 aromatic rings. The van der Waals surface area contributed by atoms with Crippen LogP contribution in [0.25, 0.3) is 10.8 Å². The Labute approximate surface area is 146 Å². The molecule has 1 aliphatic carbocycles. The van der Waals surface area contributed by atoms with Crippen molar-refractivity contribution in [2.45, 2.75) is 12.8 Å². The number of pyridine rings is 1. The summed E-state index contributed by atoms with van der Waals surface area (Å²) in [5, 5.41) is 5.70. The molecule has 2 heterocycles. The van der Waals surface area contributed by atoms with Gasteiger partial charge >= 0.3 is 0 Å². The Morgan fingerprint density at radius 3 is 2.62 bits per heavy atom. The summed E-state index contributed by atoms with van der Waals surface area (Å²) in [6.45, 7) is 4.01. The number of hydrogen-bond donors (Lipinski definition) is 1. The number of carbonyl (C=O) groups is 1. The summed E-state index contributed by atoms with van der Waals surface area (Å²) in [6.07, 6.45) is 3.75. The summed E-state index contributed by atoms with van der Waals surface area (Å²) in [5.41, 5.74) is 1.06. The van der Waals surface area contributed by atoms with E-state index in [-0.39, 0.29) is 11.8 Å². The van der Waals surface area contributed by atoms with Crippen molar-refractivity contribution >= 4 is 39.8 Å². The molecule has 1 N–H and O–H groups in total. The van der Waals surface area contributed by atoms with E-state index in [1.54, 1.807) is 6.20 Å². The van der Waals surface area contributed by atoms with Crippen LogP contribution in [0.1, 0.15) is 12.8 Å². The third kappa shape index (κ3) is 3.19. The van der Waals surface area contributed by atoms with E-state index < -0.39 is 0 Å². The number of amides is 1. The summed E-state index contributed by atoms with van der Waals surface area (Å²) in [7, 11) is 2.14. The molecule has 1 aromatic carbocycles. The molecule has 4 rings (SSSR count). The lowest BCUT2D eigenvalue weighted by molar-refractivity contribution is -0.117. The van der Waals surface area contributed by atoms with Gasteiger partial charge in [0.1, 0.15) is 5.82 Å². The fourth-order valence-corrected chi connectivity index (χ4v) is 3.38. The molecule has 2 fully saturated rings. The smallest absolute Gasteiger partial charge is 0.228 e. The van der Waals surface area contributed by atoms with E-state index in [9.17, 15) is 4.79 Å². The Balaban J connectivity index is 1.62. The van der Waals surface area contributed by atoms with Crippen LogP contribution < -0.4 is 10.2 Å². The van der Waals surface area contributed by atoms with E-state index in [2.05, 4.69) is 33.2 Å². The molecule has 1 aromatic heterocycles. The summed E-state index contributed by atoms with van der Waals surface area (Å²) in [6, 6.07) is 6.01. The number of nitrogens with one attached hydrogen (secondary N) is 1. The van der Waals surface area contributed by atoms with Crippen molar-refractivity contribution in [1.82, 2.24) is 9.88 Å². The zero-order valence-corrected chi connectivity index (χ0v) is 14.5. The van der Waals surface area contributed by atoms with Gasteiger partial charge in [0.2, 0.25) is 5.91 Å². The number of hydrogen-bond acceptors (Lipinski definition) is 4. The summed E-state index contributed by atoms with van der Waals surface area (Å²) in [5.74, 6) is 0.870. The van der Waals surface area contributed by atoms with Crippen molar-refractivity contribution in [2.24, 2.45) is 5.92 Å². The highest BCUT2D eigenvalue weighted by Gasteiger charge is 2.29. The Morgan fingerprint density at radius 2 is 1.92 bits per heavy atom. The van der Waals surface area contributed by atoms with Crippen molar-refractivity contribution in [1.29, 1.82) is 0 Å². The summed E-state index contributed by atoms with van der Waals surface area (Å²) < 4.78 is 0. The Kier molecular flexibility index (Phi) is 4.06. The van der Waals surface area contributed by atoms with Crippen molar-refractivity contribution in [3.05, 3.63) is 29.4 Å². The van der Waals surface area contributed by atoms with Gasteiger partial charge in [0.25, 0.3) is 0 Å². The molecule has 1 aliphatic heterocycles. The van der Waals surface area contributed by atoms with E-state index in [1.165, 1.54) is 0 Å². The molecule has 6 heteroatoms. The number of piperazine rings is 1. The van der Waals surface area contributed by atoms with Crippen LogP contribution in [0, 0.1) is 5.92 Å². The third-order valence-corrected chi connectivity index (χ3v) is 5.13. The van der Waals surface area contributed by atoms with E-state index >= 15 is 0 Å². The van der Waals surface area contributed by atoms with Gasteiger partial charge in [0.05, 0.1) is 10.7 Å². The van der Waals surface area contributed by atoms with Crippen LogP contribution in [0.3, 0.4) is 0 Å². The highest BCUT2D eigenvalue weighted by atomic mass is 35.5. The molecule has 0 atom stereocenters. The zero-order valence-electron chi connectivity index (χ0n) is 13.8. The monoisotopic (exact) mass is 344 g/mol. The molecule has 5 nitrogen and oxygen atoms in total. The summed E-state index contributed by atoms with van der Waals surface area (Å²) >= 11 is 6.49. The first kappa shape index (κ1) is 15.7. The highest BCUT2D eigenvalue weighted by Crippen LogP contribution is 2.33. The topological polar surface area (TPSA) is 48.5 Å². The molecule has 0 radical (unpaired) electrons. The van der Waals surface area contributed by atoms with Crippen LogP contribution in [0.15, 0.2) is 24.4 Å². The number of halogens is 1. The maximum Gasteiger partial charge on any atom is 0.228 e. The van der Waals surface area contributed by atoms with Crippen LogP contribution in [-0.2, 0) is 4.79 Å². The molecule has 0 bridgehead atoms. The van der Waals surface area contributed by atoms with Gasteiger partial charge in [0.15, 0.2) is 0 Å². The lowest BCUT2D eigenvalue weighted by Gasteiger charge is -2.34. The van der Waals surface area contributed by atoms with Crippen LogP contribution in [0.4, 0.5) is 11.5 Å². The number of benzene rings is 1. The first-order valence-electron chi connectivity index (χ1n) is 8.44.